The van der Waals surface area contributed by atoms with Gasteiger partial charge in [0.1, 0.15) is 28.2 Å². The Kier molecular flexibility index (Phi) is 13.9. The molecular formula is C58H46N12O6. The zero-order valence-corrected chi connectivity index (χ0v) is 40.4. The van der Waals surface area contributed by atoms with Gasteiger partial charge in [-0.3, -0.25) is 19.9 Å². The third kappa shape index (κ3) is 10.8. The van der Waals surface area contributed by atoms with Crippen LogP contribution in [0.1, 0.15) is 43.5 Å². The highest BCUT2D eigenvalue weighted by Crippen LogP contribution is 2.43. The Bertz CT molecular complexity index is 3880. The number of nitrogens with two attached hydrogens (primary N) is 2. The molecule has 10 aromatic rings. The molecular weight excluding hydrogens is 961 g/mol. The molecule has 76 heavy (non-hydrogen) atoms. The van der Waals surface area contributed by atoms with Crippen LogP contribution in [0, 0.1) is 0 Å². The molecule has 0 amide bonds. The lowest BCUT2D eigenvalue weighted by Gasteiger charge is -2.26. The molecule has 0 aliphatic heterocycles. The number of hydrogen-bond donors (Lipinski definition) is 6. The van der Waals surface area contributed by atoms with Crippen LogP contribution >= 0.6 is 0 Å². The van der Waals surface area contributed by atoms with E-state index in [4.69, 9.17) is 21.4 Å². The van der Waals surface area contributed by atoms with Crippen molar-refractivity contribution in [3.63, 3.8) is 0 Å². The fraction of sp³-hybridized carbons (Fsp3) is 0.0690. The fourth-order valence-corrected chi connectivity index (χ4v) is 8.83. The Morgan fingerprint density at radius 3 is 1.63 bits per heavy atom. The number of anilines is 4. The number of pyridine rings is 4. The smallest absolute Gasteiger partial charge is 0.339 e. The highest BCUT2D eigenvalue weighted by molar-refractivity contribution is 6.05. The van der Waals surface area contributed by atoms with Gasteiger partial charge in [-0.15, -0.1) is 15.3 Å². The molecule has 6 aromatic carbocycles. The number of rotatable bonds is 17. The van der Waals surface area contributed by atoms with Crippen molar-refractivity contribution in [2.45, 2.75) is 26.2 Å². The van der Waals surface area contributed by atoms with Crippen molar-refractivity contribution in [1.82, 2.24) is 19.9 Å². The summed E-state index contributed by atoms with van der Waals surface area (Å²) < 4.78 is 0. The maximum absolute atomic E-state index is 12.1. The normalized spacial score (nSPS) is 11.4. The molecule has 0 unspecified atom stereocenters. The van der Waals surface area contributed by atoms with E-state index in [9.17, 15) is 30.0 Å². The number of azo groups is 2. The summed E-state index contributed by atoms with van der Waals surface area (Å²) in [4.78, 5) is 47.3. The van der Waals surface area contributed by atoms with Gasteiger partial charge in [0.05, 0.1) is 77.4 Å². The van der Waals surface area contributed by atoms with E-state index >= 15 is 0 Å². The Hall–Kier alpha value is -10.6. The lowest BCUT2D eigenvalue weighted by Crippen LogP contribution is -2.24. The molecule has 0 aliphatic rings. The van der Waals surface area contributed by atoms with E-state index in [1.54, 1.807) is 91.4 Å². The summed E-state index contributed by atoms with van der Waals surface area (Å²) in [6, 6.07) is 48.3. The molecule has 0 saturated carbocycles. The molecule has 0 saturated heterocycles. The monoisotopic (exact) mass is 1010 g/mol. The largest absolute Gasteiger partial charge is 0.505 e. The minimum absolute atomic E-state index is 0.00556. The van der Waals surface area contributed by atoms with Crippen LogP contribution in [0.4, 0.5) is 45.5 Å². The van der Waals surface area contributed by atoms with Gasteiger partial charge in [0, 0.05) is 40.6 Å². The van der Waals surface area contributed by atoms with Gasteiger partial charge in [0.15, 0.2) is 11.5 Å². The van der Waals surface area contributed by atoms with Crippen molar-refractivity contribution in [3.05, 3.63) is 216 Å². The van der Waals surface area contributed by atoms with Gasteiger partial charge in [0.2, 0.25) is 0 Å². The first-order chi connectivity index (χ1) is 36.9. The van der Waals surface area contributed by atoms with Gasteiger partial charge >= 0.3 is 11.9 Å². The first kappa shape index (κ1) is 49.0. The molecule has 10 rings (SSSR count). The van der Waals surface area contributed by atoms with Crippen LogP contribution in [0.15, 0.2) is 203 Å². The number of nitrogen functional groups attached to an aromatic ring is 2. The lowest BCUT2D eigenvalue weighted by molar-refractivity contribution is 0.0682. The number of hydrogen-bond acceptors (Lipinski definition) is 16. The number of fused-ring (bicyclic) bond motifs is 2. The molecule has 18 heteroatoms. The maximum atomic E-state index is 12.1. The predicted octanol–water partition coefficient (Wildman–Crippen LogP) is 12.5. The van der Waals surface area contributed by atoms with E-state index in [2.05, 4.69) is 30.4 Å². The molecule has 18 nitrogen and oxygen atoms in total. The van der Waals surface area contributed by atoms with E-state index in [0.717, 1.165) is 17.0 Å². The van der Waals surface area contributed by atoms with Crippen LogP contribution in [0.2, 0.25) is 0 Å². The van der Waals surface area contributed by atoms with Gasteiger partial charge in [-0.05, 0) is 108 Å². The predicted molar refractivity (Wildman–Crippen MR) is 291 cm³/mol. The summed E-state index contributed by atoms with van der Waals surface area (Å²) in [7, 11) is 0. The number of carbonyl (C=O) groups is 2. The Morgan fingerprint density at radius 2 is 1.03 bits per heavy atom. The molecule has 4 aromatic heterocycles. The second-order valence-electron chi connectivity index (χ2n) is 17.6. The summed E-state index contributed by atoms with van der Waals surface area (Å²) in [5, 5.41) is 61.7. The lowest BCUT2D eigenvalue weighted by atomic mass is 10.0. The summed E-state index contributed by atoms with van der Waals surface area (Å²) in [5.74, 6) is -3.59. The molecule has 0 spiro atoms. The van der Waals surface area contributed by atoms with Gasteiger partial charge < -0.3 is 41.7 Å². The number of aromatic nitrogens is 4. The van der Waals surface area contributed by atoms with E-state index in [1.807, 2.05) is 88.7 Å². The SMILES string of the molecule is Nc1ccc(N(Cc2ccccn2)Cc2cccc(-c3ccnc(CN(Cc4ccccn4)c4ccc(/N=N/c5c(O)c(C(=O)O)cc6ccccc56)cc4N)c3)n2)c(/N=N/c2c(O)c(C(=O)O)cc3ccccc23)c1. The topological polar surface area (TPSA) is 275 Å². The first-order valence-electron chi connectivity index (χ1n) is 23.7. The standard InChI is InChI=1S/C58H46N12O6/c59-38-18-20-52(50(29-38)66-68-54-45-16-4-2-11-36(45)28-47(56(54)72)58(75)76)70(32-41-13-6-8-24-62-41)33-42-14-9-17-49(64-42)37-22-25-63-43(26-37)34-69(31-40-12-5-7-23-61-40)51-21-19-39(30-48(51)60)65-67-53-44-15-3-1-10-35(44)27-46(55(53)71)57(73)74/h1-30,71-72H,31-34,59-60H2,(H,73,74)(H,75,76)/b67-65+,68-66+. The minimum atomic E-state index is -1.30. The highest BCUT2D eigenvalue weighted by atomic mass is 16.4. The van der Waals surface area contributed by atoms with E-state index in [1.165, 1.54) is 12.1 Å². The molecule has 8 N–H and O–H groups in total. The van der Waals surface area contributed by atoms with Crippen molar-refractivity contribution in [2.24, 2.45) is 20.5 Å². The summed E-state index contributed by atoms with van der Waals surface area (Å²) in [6.07, 6.45) is 5.17. The number of nitrogens with zero attached hydrogens (tertiary/aromatic N) is 10. The second kappa shape index (κ2) is 21.6. The Labute approximate surface area is 434 Å². The fourth-order valence-electron chi connectivity index (χ4n) is 8.83. The molecule has 374 valence electrons. The Balaban J connectivity index is 0.944. The number of benzene rings is 6. The van der Waals surface area contributed by atoms with Crippen LogP contribution in [0.5, 0.6) is 11.5 Å². The van der Waals surface area contributed by atoms with Crippen molar-refractivity contribution in [1.29, 1.82) is 0 Å². The number of carboxylic acids is 2. The van der Waals surface area contributed by atoms with Crippen molar-refractivity contribution in [3.8, 4) is 22.8 Å². The van der Waals surface area contributed by atoms with Gasteiger partial charge in [0.25, 0.3) is 0 Å². The average Bonchev–Trinajstić information content (AvgIpc) is 3.43. The quantitative estimate of drug-likeness (QED) is 0.0366. The minimum Gasteiger partial charge on any atom is -0.505 e. The molecule has 0 bridgehead atoms. The number of phenols is 2. The summed E-state index contributed by atoms with van der Waals surface area (Å²) >= 11 is 0. The average molecular weight is 1010 g/mol. The maximum Gasteiger partial charge on any atom is 0.339 e. The van der Waals surface area contributed by atoms with E-state index in [0.29, 0.717) is 92.4 Å². The van der Waals surface area contributed by atoms with Gasteiger partial charge in [-0.25, -0.2) is 9.59 Å². The van der Waals surface area contributed by atoms with Crippen LogP contribution < -0.4 is 21.3 Å². The van der Waals surface area contributed by atoms with Crippen LogP contribution in [-0.4, -0.2) is 52.3 Å². The van der Waals surface area contributed by atoms with Gasteiger partial charge in [-0.2, -0.15) is 5.11 Å². The molecule has 4 heterocycles. The summed E-state index contributed by atoms with van der Waals surface area (Å²) in [6.45, 7) is 1.31. The molecule has 0 radical (unpaired) electrons. The van der Waals surface area contributed by atoms with Crippen molar-refractivity contribution < 1.29 is 30.0 Å². The van der Waals surface area contributed by atoms with Gasteiger partial charge in [-0.1, -0.05) is 66.7 Å². The molecule has 0 aliphatic carbocycles. The van der Waals surface area contributed by atoms with Crippen LogP contribution in [0.3, 0.4) is 0 Å². The molecule has 0 atom stereocenters. The molecule has 0 fully saturated rings. The zero-order valence-electron chi connectivity index (χ0n) is 40.4. The van der Waals surface area contributed by atoms with Crippen molar-refractivity contribution in [2.75, 3.05) is 21.3 Å². The highest BCUT2D eigenvalue weighted by Gasteiger charge is 2.22. The third-order valence-corrected chi connectivity index (χ3v) is 12.4. The summed E-state index contributed by atoms with van der Waals surface area (Å²) in [5.41, 5.74) is 19.9. The number of aromatic carboxylic acids is 2. The zero-order chi connectivity index (χ0) is 52.7. The number of carboxylic acid groups (broad SMARTS) is 2. The van der Waals surface area contributed by atoms with E-state index < -0.39 is 23.4 Å². The van der Waals surface area contributed by atoms with Crippen molar-refractivity contribution >= 4 is 79.0 Å². The first-order valence-corrected chi connectivity index (χ1v) is 23.7. The second-order valence-corrected chi connectivity index (χ2v) is 17.6. The van der Waals surface area contributed by atoms with Crippen LogP contribution in [-0.2, 0) is 26.2 Å². The van der Waals surface area contributed by atoms with Crippen LogP contribution in [0.25, 0.3) is 32.8 Å². The third-order valence-electron chi connectivity index (χ3n) is 12.4. The number of aromatic hydroxyl groups is 2. The van der Waals surface area contributed by atoms with E-state index in [-0.39, 0.29) is 29.0 Å². The Morgan fingerprint density at radius 1 is 0.487 bits per heavy atom.